The van der Waals surface area contributed by atoms with Crippen LogP contribution in [-0.4, -0.2) is 17.6 Å². The smallest absolute Gasteiger partial charge is 0.256 e. The number of nitrogens with one attached hydrogen (secondary N) is 1. The molecule has 1 amide bonds. The zero-order chi connectivity index (χ0) is 16.0. The Balaban J connectivity index is 1.89. The molecule has 0 spiro atoms. The van der Waals surface area contributed by atoms with E-state index in [0.717, 1.165) is 33.5 Å². The van der Waals surface area contributed by atoms with Gasteiger partial charge in [-0.25, -0.2) is 0 Å². The molecule has 1 aromatic heterocycles. The highest BCUT2D eigenvalue weighted by molar-refractivity contribution is 6.35. The molecular weight excluding hydrogens is 288 g/mol. The first kappa shape index (κ1) is 13.6. The van der Waals surface area contributed by atoms with Crippen LogP contribution in [0, 0.1) is 0 Å². The van der Waals surface area contributed by atoms with Gasteiger partial charge in [0, 0.05) is 47.1 Å². The van der Waals surface area contributed by atoms with Crippen molar-refractivity contribution in [3.63, 3.8) is 0 Å². The number of fused-ring (bicyclic) bond motifs is 2. The van der Waals surface area contributed by atoms with Crippen LogP contribution in [-0.2, 0) is 11.8 Å². The largest absolute Gasteiger partial charge is 0.497 e. The third kappa shape index (κ3) is 2.11. The van der Waals surface area contributed by atoms with Crippen LogP contribution in [0.3, 0.4) is 0 Å². The van der Waals surface area contributed by atoms with Crippen LogP contribution in [0.5, 0.6) is 5.75 Å². The van der Waals surface area contributed by atoms with Crippen molar-refractivity contribution in [2.24, 2.45) is 7.05 Å². The molecule has 0 saturated carbocycles. The molecule has 23 heavy (non-hydrogen) atoms. The van der Waals surface area contributed by atoms with Crippen molar-refractivity contribution in [3.05, 3.63) is 59.8 Å². The Kier molecular flexibility index (Phi) is 2.98. The molecule has 1 N–H and O–H groups in total. The van der Waals surface area contributed by atoms with Crippen molar-refractivity contribution in [3.8, 4) is 5.75 Å². The van der Waals surface area contributed by atoms with Crippen molar-refractivity contribution in [1.29, 1.82) is 0 Å². The van der Waals surface area contributed by atoms with Crippen LogP contribution < -0.4 is 10.1 Å². The average molecular weight is 304 g/mol. The van der Waals surface area contributed by atoms with Crippen LogP contribution in [0.4, 0.5) is 5.69 Å². The van der Waals surface area contributed by atoms with Gasteiger partial charge in [0.2, 0.25) is 0 Å². The van der Waals surface area contributed by atoms with E-state index in [2.05, 4.69) is 5.32 Å². The number of rotatable bonds is 2. The number of amides is 1. The molecule has 4 nitrogen and oxygen atoms in total. The SMILES string of the molecule is COc1ccc2c(/C=C3\C(=O)Nc4ccccc43)cn(C)c2c1. The average Bonchev–Trinajstić information content (AvgIpc) is 3.05. The van der Waals surface area contributed by atoms with E-state index >= 15 is 0 Å². The first-order valence-electron chi connectivity index (χ1n) is 7.43. The lowest BCUT2D eigenvalue weighted by Gasteiger charge is -2.01. The number of methoxy groups -OCH3 is 1. The summed E-state index contributed by atoms with van der Waals surface area (Å²) in [6.07, 6.45) is 3.99. The summed E-state index contributed by atoms with van der Waals surface area (Å²) in [5.41, 5.74) is 4.60. The molecule has 3 aromatic rings. The van der Waals surface area contributed by atoms with Gasteiger partial charge in [-0.3, -0.25) is 4.79 Å². The Morgan fingerprint density at radius 1 is 1.17 bits per heavy atom. The fraction of sp³-hybridized carbons (Fsp3) is 0.105. The number of benzene rings is 2. The molecule has 1 aliphatic heterocycles. The number of para-hydroxylation sites is 1. The highest BCUT2D eigenvalue weighted by atomic mass is 16.5. The highest BCUT2D eigenvalue weighted by Gasteiger charge is 2.23. The Labute approximate surface area is 134 Å². The number of aromatic nitrogens is 1. The lowest BCUT2D eigenvalue weighted by Crippen LogP contribution is -2.03. The normalized spacial score (nSPS) is 15.0. The number of ether oxygens (including phenoxy) is 1. The highest BCUT2D eigenvalue weighted by Crippen LogP contribution is 2.34. The van der Waals surface area contributed by atoms with Crippen molar-refractivity contribution in [1.82, 2.24) is 4.57 Å². The molecule has 0 bridgehead atoms. The lowest BCUT2D eigenvalue weighted by molar-refractivity contribution is -0.110. The second-order valence-corrected chi connectivity index (χ2v) is 5.64. The Morgan fingerprint density at radius 2 is 2.00 bits per heavy atom. The molecule has 4 heteroatoms. The van der Waals surface area contributed by atoms with Crippen LogP contribution in [0.15, 0.2) is 48.7 Å². The van der Waals surface area contributed by atoms with E-state index in [-0.39, 0.29) is 5.91 Å². The minimum absolute atomic E-state index is 0.0586. The number of anilines is 1. The predicted molar refractivity (Wildman–Crippen MR) is 92.4 cm³/mol. The molecular formula is C19H16N2O2. The number of carbonyl (C=O) groups excluding carboxylic acids is 1. The lowest BCUT2D eigenvalue weighted by atomic mass is 10.0. The monoisotopic (exact) mass is 304 g/mol. The van der Waals surface area contributed by atoms with Crippen molar-refractivity contribution in [2.75, 3.05) is 12.4 Å². The summed E-state index contributed by atoms with van der Waals surface area (Å²) in [6, 6.07) is 13.7. The van der Waals surface area contributed by atoms with Gasteiger partial charge in [-0.1, -0.05) is 18.2 Å². The topological polar surface area (TPSA) is 43.3 Å². The summed E-state index contributed by atoms with van der Waals surface area (Å²) in [5, 5.41) is 4.00. The van der Waals surface area contributed by atoms with E-state index in [1.165, 1.54) is 0 Å². The van der Waals surface area contributed by atoms with Gasteiger partial charge in [0.25, 0.3) is 5.91 Å². The number of hydrogen-bond acceptors (Lipinski definition) is 2. The first-order chi connectivity index (χ1) is 11.2. The predicted octanol–water partition coefficient (Wildman–Crippen LogP) is 3.68. The standard InChI is InChI=1S/C19H16N2O2/c1-21-11-12(14-8-7-13(23-2)10-18(14)21)9-16-15-5-3-4-6-17(15)20-19(16)22/h3-11H,1-2H3,(H,20,22)/b16-9-. The van der Waals surface area contributed by atoms with Crippen LogP contribution >= 0.6 is 0 Å². The van der Waals surface area contributed by atoms with E-state index in [4.69, 9.17) is 4.74 Å². The van der Waals surface area contributed by atoms with Crippen LogP contribution in [0.2, 0.25) is 0 Å². The van der Waals surface area contributed by atoms with Gasteiger partial charge in [-0.05, 0) is 24.3 Å². The van der Waals surface area contributed by atoms with Crippen molar-refractivity contribution in [2.45, 2.75) is 0 Å². The summed E-state index contributed by atoms with van der Waals surface area (Å²) >= 11 is 0. The molecule has 0 aliphatic carbocycles. The first-order valence-corrected chi connectivity index (χ1v) is 7.43. The Hall–Kier alpha value is -3.01. The molecule has 2 heterocycles. The zero-order valence-electron chi connectivity index (χ0n) is 13.0. The fourth-order valence-corrected chi connectivity index (χ4v) is 3.07. The number of carbonyl (C=O) groups is 1. The molecule has 114 valence electrons. The van der Waals surface area contributed by atoms with Gasteiger partial charge in [0.1, 0.15) is 5.75 Å². The summed E-state index contributed by atoms with van der Waals surface area (Å²) in [7, 11) is 3.65. The van der Waals surface area contributed by atoms with Gasteiger partial charge in [0.05, 0.1) is 12.6 Å². The van der Waals surface area contributed by atoms with E-state index in [0.29, 0.717) is 5.57 Å². The van der Waals surface area contributed by atoms with E-state index in [1.807, 2.05) is 66.4 Å². The molecule has 0 atom stereocenters. The summed E-state index contributed by atoms with van der Waals surface area (Å²) < 4.78 is 7.34. The summed E-state index contributed by atoms with van der Waals surface area (Å²) in [6.45, 7) is 0. The molecule has 0 saturated heterocycles. The minimum atomic E-state index is -0.0586. The molecule has 4 rings (SSSR count). The molecule has 0 radical (unpaired) electrons. The van der Waals surface area contributed by atoms with Gasteiger partial charge < -0.3 is 14.6 Å². The third-order valence-electron chi connectivity index (χ3n) is 4.24. The number of hydrogen-bond donors (Lipinski definition) is 1. The third-order valence-corrected chi connectivity index (χ3v) is 4.24. The number of nitrogens with zero attached hydrogens (tertiary/aromatic N) is 1. The Morgan fingerprint density at radius 3 is 2.83 bits per heavy atom. The van der Waals surface area contributed by atoms with Crippen molar-refractivity contribution >= 4 is 34.1 Å². The van der Waals surface area contributed by atoms with E-state index < -0.39 is 0 Å². The van der Waals surface area contributed by atoms with Gasteiger partial charge in [0.15, 0.2) is 0 Å². The van der Waals surface area contributed by atoms with Crippen molar-refractivity contribution < 1.29 is 9.53 Å². The quantitative estimate of drug-likeness (QED) is 0.734. The maximum absolute atomic E-state index is 12.3. The number of aryl methyl sites for hydroxylation is 1. The van der Waals surface area contributed by atoms with E-state index in [9.17, 15) is 4.79 Å². The minimum Gasteiger partial charge on any atom is -0.497 e. The molecule has 2 aromatic carbocycles. The second kappa shape index (κ2) is 5.02. The molecule has 0 fully saturated rings. The van der Waals surface area contributed by atoms with Gasteiger partial charge >= 0.3 is 0 Å². The van der Waals surface area contributed by atoms with Gasteiger partial charge in [-0.15, -0.1) is 0 Å². The fourth-order valence-electron chi connectivity index (χ4n) is 3.07. The van der Waals surface area contributed by atoms with E-state index in [1.54, 1.807) is 7.11 Å². The van der Waals surface area contributed by atoms with Crippen LogP contribution in [0.1, 0.15) is 11.1 Å². The maximum atomic E-state index is 12.3. The summed E-state index contributed by atoms with van der Waals surface area (Å²) in [5.74, 6) is 0.763. The zero-order valence-corrected chi connectivity index (χ0v) is 13.0. The summed E-state index contributed by atoms with van der Waals surface area (Å²) in [4.78, 5) is 12.3. The second-order valence-electron chi connectivity index (χ2n) is 5.64. The maximum Gasteiger partial charge on any atom is 0.256 e. The Bertz CT molecular complexity index is 967. The molecule has 1 aliphatic rings. The van der Waals surface area contributed by atoms with Crippen LogP contribution in [0.25, 0.3) is 22.6 Å². The van der Waals surface area contributed by atoms with Gasteiger partial charge in [-0.2, -0.15) is 0 Å². The molecule has 0 unspecified atom stereocenters.